The summed E-state index contributed by atoms with van der Waals surface area (Å²) in [5, 5.41) is 0. The maximum Gasteiger partial charge on any atom is 0.411 e. The Morgan fingerprint density at radius 2 is 2.00 bits per heavy atom. The van der Waals surface area contributed by atoms with Crippen LogP contribution < -0.4 is 0 Å². The summed E-state index contributed by atoms with van der Waals surface area (Å²) < 4.78 is 37.5. The molecule has 0 amide bonds. The van der Waals surface area contributed by atoms with E-state index < -0.39 is 12.8 Å². The lowest BCUT2D eigenvalue weighted by molar-refractivity contribution is -0.170. The molecule has 0 unspecified atom stereocenters. The Balaban J connectivity index is 3.20. The summed E-state index contributed by atoms with van der Waals surface area (Å²) in [4.78, 5) is 0. The standard InChI is InChI=1S/C5H5F3O/c1-2-3-9-4-5(6,7)8/h1H,3-4H2. The normalized spacial score (nSPS) is 10.9. The van der Waals surface area contributed by atoms with Crippen LogP contribution in [0.25, 0.3) is 0 Å². The van der Waals surface area contributed by atoms with Crippen LogP contribution in [-0.4, -0.2) is 19.4 Å². The van der Waals surface area contributed by atoms with Gasteiger partial charge in [0.15, 0.2) is 0 Å². The van der Waals surface area contributed by atoms with E-state index >= 15 is 0 Å². The third-order valence-electron chi connectivity index (χ3n) is 0.451. The maximum absolute atomic E-state index is 11.2. The molecule has 0 aliphatic rings. The molecule has 52 valence electrons. The van der Waals surface area contributed by atoms with Crippen LogP contribution in [0.2, 0.25) is 0 Å². The van der Waals surface area contributed by atoms with Gasteiger partial charge >= 0.3 is 6.18 Å². The Morgan fingerprint density at radius 3 is 2.33 bits per heavy atom. The van der Waals surface area contributed by atoms with Crippen molar-refractivity contribution in [1.29, 1.82) is 0 Å². The summed E-state index contributed by atoms with van der Waals surface area (Å²) in [7, 11) is 0. The minimum absolute atomic E-state index is 0.292. The average Bonchev–Trinajstić information content (AvgIpc) is 1.63. The van der Waals surface area contributed by atoms with E-state index in [1.807, 2.05) is 5.92 Å². The molecular weight excluding hydrogens is 133 g/mol. The molecule has 0 saturated heterocycles. The van der Waals surface area contributed by atoms with E-state index in [0.29, 0.717) is 0 Å². The summed E-state index contributed by atoms with van der Waals surface area (Å²) in [5.74, 6) is 1.92. The lowest BCUT2D eigenvalue weighted by Gasteiger charge is -2.03. The third kappa shape index (κ3) is 7.31. The molecule has 0 spiro atoms. The van der Waals surface area contributed by atoms with Gasteiger partial charge in [-0.25, -0.2) is 0 Å². The molecule has 1 nitrogen and oxygen atoms in total. The number of hydrogen-bond donors (Lipinski definition) is 0. The molecule has 0 aromatic carbocycles. The predicted molar refractivity (Wildman–Crippen MR) is 25.7 cm³/mol. The van der Waals surface area contributed by atoms with E-state index in [1.165, 1.54) is 0 Å². The number of ether oxygens (including phenoxy) is 1. The van der Waals surface area contributed by atoms with Crippen molar-refractivity contribution >= 4 is 0 Å². The first-order chi connectivity index (χ1) is 4.06. The van der Waals surface area contributed by atoms with Gasteiger partial charge in [0.1, 0.15) is 13.2 Å². The van der Waals surface area contributed by atoms with Crippen molar-refractivity contribution in [3.8, 4) is 12.3 Å². The van der Waals surface area contributed by atoms with Gasteiger partial charge in [0.25, 0.3) is 0 Å². The van der Waals surface area contributed by atoms with Crippen LogP contribution >= 0.6 is 0 Å². The predicted octanol–water partition coefficient (Wildman–Crippen LogP) is 1.20. The average molecular weight is 138 g/mol. The van der Waals surface area contributed by atoms with Gasteiger partial charge in [-0.05, 0) is 0 Å². The van der Waals surface area contributed by atoms with E-state index in [9.17, 15) is 13.2 Å². The Labute approximate surface area is 50.8 Å². The van der Waals surface area contributed by atoms with Crippen LogP contribution in [0, 0.1) is 12.3 Å². The molecule has 0 aromatic heterocycles. The van der Waals surface area contributed by atoms with Gasteiger partial charge in [-0.3, -0.25) is 0 Å². The molecule has 0 rings (SSSR count). The largest absolute Gasteiger partial charge is 0.411 e. The van der Waals surface area contributed by atoms with Crippen LogP contribution in [0.5, 0.6) is 0 Å². The van der Waals surface area contributed by atoms with Gasteiger partial charge in [-0.1, -0.05) is 5.92 Å². The molecule has 0 aliphatic heterocycles. The minimum atomic E-state index is -4.27. The molecule has 0 fully saturated rings. The molecule has 0 aliphatic carbocycles. The molecule has 0 atom stereocenters. The first-order valence-electron chi connectivity index (χ1n) is 2.14. The fraction of sp³-hybridized carbons (Fsp3) is 0.600. The zero-order valence-electron chi connectivity index (χ0n) is 4.53. The molecule has 0 heterocycles. The van der Waals surface area contributed by atoms with Gasteiger partial charge < -0.3 is 4.74 Å². The Hall–Kier alpha value is -0.690. The molecule has 4 heteroatoms. The van der Waals surface area contributed by atoms with Crippen LogP contribution in [0.1, 0.15) is 0 Å². The van der Waals surface area contributed by atoms with Crippen molar-refractivity contribution in [3.63, 3.8) is 0 Å². The second kappa shape index (κ2) is 3.36. The highest BCUT2D eigenvalue weighted by Gasteiger charge is 2.26. The van der Waals surface area contributed by atoms with Crippen molar-refractivity contribution in [2.24, 2.45) is 0 Å². The number of alkyl halides is 3. The number of rotatable bonds is 2. The summed E-state index contributed by atoms with van der Waals surface area (Å²) in [6.07, 6.45) is 0.349. The number of hydrogen-bond acceptors (Lipinski definition) is 1. The van der Waals surface area contributed by atoms with Gasteiger partial charge in [-0.15, -0.1) is 6.42 Å². The van der Waals surface area contributed by atoms with Crippen molar-refractivity contribution in [2.45, 2.75) is 6.18 Å². The van der Waals surface area contributed by atoms with Crippen molar-refractivity contribution in [2.75, 3.05) is 13.2 Å². The number of terminal acetylenes is 1. The zero-order chi connectivity index (χ0) is 7.33. The highest BCUT2D eigenvalue weighted by atomic mass is 19.4. The molecule has 0 aromatic rings. The summed E-state index contributed by atoms with van der Waals surface area (Å²) >= 11 is 0. The van der Waals surface area contributed by atoms with E-state index in [1.54, 1.807) is 0 Å². The third-order valence-corrected chi connectivity index (χ3v) is 0.451. The van der Waals surface area contributed by atoms with E-state index in [4.69, 9.17) is 0 Å². The lowest BCUT2D eigenvalue weighted by Crippen LogP contribution is -2.16. The second-order valence-electron chi connectivity index (χ2n) is 1.31. The highest BCUT2D eigenvalue weighted by Crippen LogP contribution is 2.13. The second-order valence-corrected chi connectivity index (χ2v) is 1.31. The molecule has 0 bridgehead atoms. The van der Waals surface area contributed by atoms with E-state index in [-0.39, 0.29) is 6.61 Å². The first-order valence-corrected chi connectivity index (χ1v) is 2.14. The zero-order valence-corrected chi connectivity index (χ0v) is 4.53. The molecular formula is C5H5F3O. The summed E-state index contributed by atoms with van der Waals surface area (Å²) in [6.45, 7) is -1.56. The van der Waals surface area contributed by atoms with Gasteiger partial charge in [0.05, 0.1) is 0 Å². The quantitative estimate of drug-likeness (QED) is 0.411. The molecule has 0 N–H and O–H groups in total. The monoisotopic (exact) mass is 138 g/mol. The van der Waals surface area contributed by atoms with Crippen LogP contribution in [0.15, 0.2) is 0 Å². The van der Waals surface area contributed by atoms with Gasteiger partial charge in [-0.2, -0.15) is 13.2 Å². The smallest absolute Gasteiger partial charge is 0.359 e. The Morgan fingerprint density at radius 1 is 1.44 bits per heavy atom. The first kappa shape index (κ1) is 8.31. The highest BCUT2D eigenvalue weighted by molar-refractivity contribution is 4.82. The molecule has 0 saturated carbocycles. The lowest BCUT2D eigenvalue weighted by atomic mass is 10.7. The van der Waals surface area contributed by atoms with Crippen LogP contribution in [0.4, 0.5) is 13.2 Å². The van der Waals surface area contributed by atoms with Gasteiger partial charge in [0, 0.05) is 0 Å². The molecule has 9 heavy (non-hydrogen) atoms. The SMILES string of the molecule is C#CCOCC(F)(F)F. The van der Waals surface area contributed by atoms with Crippen LogP contribution in [-0.2, 0) is 4.74 Å². The summed E-state index contributed by atoms with van der Waals surface area (Å²) in [5.41, 5.74) is 0. The van der Waals surface area contributed by atoms with Gasteiger partial charge in [0.2, 0.25) is 0 Å². The topological polar surface area (TPSA) is 9.23 Å². The van der Waals surface area contributed by atoms with Crippen LogP contribution in [0.3, 0.4) is 0 Å². The van der Waals surface area contributed by atoms with Crippen molar-refractivity contribution in [3.05, 3.63) is 0 Å². The maximum atomic E-state index is 11.2. The van der Waals surface area contributed by atoms with Crippen molar-refractivity contribution in [1.82, 2.24) is 0 Å². The fourth-order valence-electron chi connectivity index (χ4n) is 0.226. The fourth-order valence-corrected chi connectivity index (χ4v) is 0.226. The number of halogens is 3. The van der Waals surface area contributed by atoms with E-state index in [2.05, 4.69) is 11.2 Å². The summed E-state index contributed by atoms with van der Waals surface area (Å²) in [6, 6.07) is 0. The minimum Gasteiger partial charge on any atom is -0.359 e. The Kier molecular flexibility index (Phi) is 3.10. The molecule has 0 radical (unpaired) electrons. The Bertz CT molecular complexity index is 110. The van der Waals surface area contributed by atoms with Crippen molar-refractivity contribution < 1.29 is 17.9 Å². The van der Waals surface area contributed by atoms with E-state index in [0.717, 1.165) is 0 Å².